The molecule has 0 saturated heterocycles. The summed E-state index contributed by atoms with van der Waals surface area (Å²) < 4.78 is 44.7. The van der Waals surface area contributed by atoms with Crippen molar-refractivity contribution in [1.29, 1.82) is 0 Å². The van der Waals surface area contributed by atoms with Gasteiger partial charge in [-0.3, -0.25) is 4.68 Å². The zero-order valence-electron chi connectivity index (χ0n) is 17.0. The molecule has 1 aromatic carbocycles. The summed E-state index contributed by atoms with van der Waals surface area (Å²) >= 11 is 0. The SMILES string of the molecule is C.Cc1cc(NC(=O)N2Cc3c(nn4c3C(F)(F)CC[C@@H](CO)C4)C[C@H]2C)ccc1F. The number of anilines is 1. The Balaban J connectivity index is 0.00000272. The number of carbonyl (C=O) groups excluding carboxylic acids is 1. The van der Waals surface area contributed by atoms with Gasteiger partial charge in [-0.25, -0.2) is 9.18 Å². The number of hydrogen-bond acceptors (Lipinski definition) is 3. The lowest BCUT2D eigenvalue weighted by Crippen LogP contribution is -2.45. The summed E-state index contributed by atoms with van der Waals surface area (Å²) in [5, 5.41) is 16.6. The molecule has 6 nitrogen and oxygen atoms in total. The third-order valence-corrected chi connectivity index (χ3v) is 6.06. The summed E-state index contributed by atoms with van der Waals surface area (Å²) in [7, 11) is 0. The molecule has 0 bridgehead atoms. The van der Waals surface area contributed by atoms with Crippen LogP contribution in [0.5, 0.6) is 0 Å². The van der Waals surface area contributed by atoms with E-state index >= 15 is 0 Å². The van der Waals surface area contributed by atoms with Crippen molar-refractivity contribution in [3.63, 3.8) is 0 Å². The van der Waals surface area contributed by atoms with Crippen LogP contribution in [0.25, 0.3) is 0 Å². The first kappa shape index (κ1) is 23.1. The first-order valence-corrected chi connectivity index (χ1v) is 10.1. The Morgan fingerprint density at radius 3 is 2.81 bits per heavy atom. The van der Waals surface area contributed by atoms with E-state index in [0.29, 0.717) is 28.9 Å². The van der Waals surface area contributed by atoms with E-state index in [4.69, 9.17) is 0 Å². The predicted octanol–water partition coefficient (Wildman–Crippen LogP) is 4.44. The van der Waals surface area contributed by atoms with Gasteiger partial charge in [0, 0.05) is 49.2 Å². The topological polar surface area (TPSA) is 70.4 Å². The molecule has 3 heterocycles. The molecule has 4 rings (SSSR count). The minimum Gasteiger partial charge on any atom is -0.396 e. The fourth-order valence-electron chi connectivity index (χ4n) is 4.31. The van der Waals surface area contributed by atoms with Crippen molar-refractivity contribution in [1.82, 2.24) is 14.7 Å². The lowest BCUT2D eigenvalue weighted by atomic mass is 9.96. The van der Waals surface area contributed by atoms with Gasteiger partial charge in [0.2, 0.25) is 0 Å². The third-order valence-electron chi connectivity index (χ3n) is 6.06. The molecule has 0 saturated carbocycles. The van der Waals surface area contributed by atoms with Gasteiger partial charge in [0.25, 0.3) is 5.92 Å². The summed E-state index contributed by atoms with van der Waals surface area (Å²) in [6.45, 7) is 3.55. The van der Waals surface area contributed by atoms with Crippen LogP contribution in [0.2, 0.25) is 0 Å². The third kappa shape index (κ3) is 4.28. The van der Waals surface area contributed by atoms with E-state index in [9.17, 15) is 23.1 Å². The molecule has 1 aromatic heterocycles. The van der Waals surface area contributed by atoms with Crippen LogP contribution in [0, 0.1) is 18.7 Å². The Hall–Kier alpha value is -2.55. The van der Waals surface area contributed by atoms with Crippen molar-refractivity contribution in [3.05, 3.63) is 46.5 Å². The van der Waals surface area contributed by atoms with E-state index in [0.717, 1.165) is 0 Å². The number of halogens is 3. The number of benzene rings is 1. The van der Waals surface area contributed by atoms with E-state index in [1.807, 2.05) is 6.92 Å². The quantitative estimate of drug-likeness (QED) is 0.728. The Morgan fingerprint density at radius 1 is 1.39 bits per heavy atom. The number of nitrogens with zero attached hydrogens (tertiary/aromatic N) is 3. The molecule has 9 heteroatoms. The van der Waals surface area contributed by atoms with Gasteiger partial charge in [0.05, 0.1) is 12.2 Å². The van der Waals surface area contributed by atoms with Crippen molar-refractivity contribution >= 4 is 11.7 Å². The van der Waals surface area contributed by atoms with Crippen LogP contribution in [0.15, 0.2) is 18.2 Å². The average molecular weight is 438 g/mol. The number of urea groups is 1. The molecule has 2 atom stereocenters. The van der Waals surface area contributed by atoms with Crippen molar-refractivity contribution in [2.24, 2.45) is 5.92 Å². The Morgan fingerprint density at radius 2 is 2.13 bits per heavy atom. The molecule has 0 spiro atoms. The Bertz CT molecular complexity index is 976. The summed E-state index contributed by atoms with van der Waals surface area (Å²) in [6.07, 6.45) is 0.226. The maximum absolute atomic E-state index is 14.9. The largest absolute Gasteiger partial charge is 0.396 e. The minimum absolute atomic E-state index is 0. The fraction of sp³-hybridized carbons (Fsp3) is 0.545. The molecule has 0 fully saturated rings. The first-order chi connectivity index (χ1) is 14.2. The normalized spacial score (nSPS) is 22.1. The number of aryl methyl sites for hydroxylation is 1. The standard InChI is InChI=1S/C21H25F3N4O2.CH4/c1-12-7-15(3-4-17(12)22)25-20(30)27-10-16-18(8-13(27)2)26-28-9-14(11-29)5-6-21(23,24)19(16)28;/h3-4,7,13-14,29H,5-6,8-11H2,1-2H3,(H,25,30);1H4/t13-,14-;/m1./s1. The first-order valence-electron chi connectivity index (χ1n) is 10.1. The van der Waals surface area contributed by atoms with E-state index in [1.54, 1.807) is 6.92 Å². The Labute approximate surface area is 180 Å². The smallest absolute Gasteiger partial charge is 0.322 e. The van der Waals surface area contributed by atoms with Crippen LogP contribution < -0.4 is 5.32 Å². The summed E-state index contributed by atoms with van der Waals surface area (Å²) in [5.74, 6) is -3.70. The number of rotatable bonds is 2. The monoisotopic (exact) mass is 438 g/mol. The van der Waals surface area contributed by atoms with E-state index in [1.165, 1.54) is 27.8 Å². The maximum atomic E-state index is 14.9. The second kappa shape index (κ2) is 8.53. The second-order valence-electron chi connectivity index (χ2n) is 8.32. The van der Waals surface area contributed by atoms with Crippen molar-refractivity contribution in [3.8, 4) is 0 Å². The van der Waals surface area contributed by atoms with Gasteiger partial charge < -0.3 is 15.3 Å². The van der Waals surface area contributed by atoms with E-state index in [2.05, 4.69) is 10.4 Å². The average Bonchev–Trinajstić information content (AvgIpc) is 2.98. The maximum Gasteiger partial charge on any atom is 0.322 e. The van der Waals surface area contributed by atoms with Gasteiger partial charge in [-0.2, -0.15) is 13.9 Å². The molecule has 0 radical (unpaired) electrons. The zero-order valence-corrected chi connectivity index (χ0v) is 17.0. The second-order valence-corrected chi connectivity index (χ2v) is 8.32. The van der Waals surface area contributed by atoms with Crippen molar-refractivity contribution < 1.29 is 23.1 Å². The number of amides is 2. The minimum atomic E-state index is -3.07. The number of aromatic nitrogens is 2. The number of fused-ring (bicyclic) bond motifs is 3. The van der Waals surface area contributed by atoms with Gasteiger partial charge in [0.15, 0.2) is 0 Å². The zero-order chi connectivity index (χ0) is 21.6. The summed E-state index contributed by atoms with van der Waals surface area (Å²) in [5.41, 5.74) is 1.68. The molecular formula is C22H29F3N4O2. The van der Waals surface area contributed by atoms with Crippen LogP contribution in [-0.4, -0.2) is 38.5 Å². The molecule has 2 aliphatic heterocycles. The van der Waals surface area contributed by atoms with Crippen LogP contribution >= 0.6 is 0 Å². The van der Waals surface area contributed by atoms with Gasteiger partial charge >= 0.3 is 6.03 Å². The van der Waals surface area contributed by atoms with Gasteiger partial charge in [-0.1, -0.05) is 7.43 Å². The van der Waals surface area contributed by atoms with Gasteiger partial charge in [0.1, 0.15) is 11.5 Å². The molecule has 31 heavy (non-hydrogen) atoms. The van der Waals surface area contributed by atoms with E-state index < -0.39 is 12.0 Å². The summed E-state index contributed by atoms with van der Waals surface area (Å²) in [6, 6.07) is 3.61. The molecular weight excluding hydrogens is 409 g/mol. The fourth-order valence-corrected chi connectivity index (χ4v) is 4.31. The van der Waals surface area contributed by atoms with Gasteiger partial charge in [-0.15, -0.1) is 0 Å². The number of nitrogens with one attached hydrogen (secondary N) is 1. The number of aliphatic hydroxyl groups is 1. The highest BCUT2D eigenvalue weighted by molar-refractivity contribution is 5.89. The van der Waals surface area contributed by atoms with E-state index in [-0.39, 0.29) is 63.4 Å². The molecule has 2 N–H and O–H groups in total. The highest BCUT2D eigenvalue weighted by atomic mass is 19.3. The van der Waals surface area contributed by atoms with Crippen LogP contribution in [0.1, 0.15) is 49.7 Å². The van der Waals surface area contributed by atoms with Crippen LogP contribution in [0.4, 0.5) is 23.7 Å². The predicted molar refractivity (Wildman–Crippen MR) is 112 cm³/mol. The molecule has 2 aromatic rings. The van der Waals surface area contributed by atoms with Crippen molar-refractivity contribution in [2.75, 3.05) is 11.9 Å². The van der Waals surface area contributed by atoms with Crippen molar-refractivity contribution in [2.45, 2.75) is 65.6 Å². The lowest BCUT2D eigenvalue weighted by Gasteiger charge is -2.33. The van der Waals surface area contributed by atoms with Crippen LogP contribution in [-0.2, 0) is 25.4 Å². The highest BCUT2D eigenvalue weighted by Crippen LogP contribution is 2.42. The molecule has 0 aliphatic carbocycles. The summed E-state index contributed by atoms with van der Waals surface area (Å²) in [4.78, 5) is 14.4. The molecule has 170 valence electrons. The molecule has 2 aliphatic rings. The van der Waals surface area contributed by atoms with Crippen LogP contribution in [0.3, 0.4) is 0 Å². The Kier molecular flexibility index (Phi) is 6.36. The number of aliphatic hydroxyl groups excluding tert-OH is 1. The highest BCUT2D eigenvalue weighted by Gasteiger charge is 2.44. The molecule has 0 unspecified atom stereocenters. The molecule has 2 amide bonds. The van der Waals surface area contributed by atoms with Gasteiger partial charge in [-0.05, 0) is 44.0 Å². The number of carbonyl (C=O) groups is 1. The number of hydrogen-bond donors (Lipinski definition) is 2. The lowest BCUT2D eigenvalue weighted by molar-refractivity contribution is -0.0227. The number of alkyl halides is 2.